The van der Waals surface area contributed by atoms with Crippen molar-refractivity contribution in [2.45, 2.75) is 26.0 Å². The van der Waals surface area contributed by atoms with Crippen molar-refractivity contribution in [2.24, 2.45) is 0 Å². The molecule has 0 spiro atoms. The van der Waals surface area contributed by atoms with Crippen molar-refractivity contribution in [3.63, 3.8) is 0 Å². The highest BCUT2D eigenvalue weighted by Crippen LogP contribution is 2.27. The normalized spacial score (nSPS) is 10.9. The number of thioether (sulfide) groups is 1. The minimum atomic E-state index is -0.324. The smallest absolute Gasteiger partial charge is 0.256 e. The molecule has 0 aliphatic heterocycles. The average Bonchev–Trinajstić information content (AvgIpc) is 3.18. The molecule has 1 aromatic carbocycles. The molecule has 0 amide bonds. The first kappa shape index (κ1) is 18.1. The number of H-pyrrole nitrogens is 1. The molecule has 26 heavy (non-hydrogen) atoms. The molecule has 3 rings (SSSR count). The number of hydrogen-bond acceptors (Lipinski definition) is 5. The number of hydrogen-bond donors (Lipinski definition) is 1. The lowest BCUT2D eigenvalue weighted by molar-refractivity contribution is 0.101. The van der Waals surface area contributed by atoms with Crippen molar-refractivity contribution in [1.29, 1.82) is 0 Å². The van der Waals surface area contributed by atoms with Crippen molar-refractivity contribution in [3.05, 3.63) is 58.8 Å². The number of nitrogens with zero attached hydrogens (tertiary/aromatic N) is 1. The molecule has 2 aromatic heterocycles. The number of carbonyl (C=O) groups excluding carboxylic acids is 2. The summed E-state index contributed by atoms with van der Waals surface area (Å²) in [5.41, 5.74) is 3.07. The fourth-order valence-corrected chi connectivity index (χ4v) is 3.50. The van der Waals surface area contributed by atoms with E-state index in [0.717, 1.165) is 0 Å². The number of nitrogens with one attached hydrogen (secondary N) is 1. The molecule has 0 bridgehead atoms. The summed E-state index contributed by atoms with van der Waals surface area (Å²) >= 11 is 1.17. The van der Waals surface area contributed by atoms with Gasteiger partial charge in [-0.15, -0.1) is 0 Å². The van der Waals surface area contributed by atoms with Crippen LogP contribution in [-0.4, -0.2) is 27.3 Å². The molecule has 0 unspecified atom stereocenters. The topological polar surface area (TPSA) is 76.0 Å². The second kappa shape index (κ2) is 7.29. The second-order valence-electron chi connectivity index (χ2n) is 5.89. The van der Waals surface area contributed by atoms with E-state index in [0.29, 0.717) is 39.1 Å². The number of Topliss-reactive ketones (excluding diaryl/α,β-unsaturated/α-hetero) is 2. The molecule has 2 heterocycles. The number of halogens is 1. The standard InChI is InChI=1S/C19H17FN2O3S/c1-10-17(12(3)23)11(2)22-18(10)15(24)9-26-19-21-8-16(25-19)13-4-6-14(20)7-5-13/h4-8,22H,9H2,1-3H3. The lowest BCUT2D eigenvalue weighted by Gasteiger charge is -1.99. The third-order valence-electron chi connectivity index (χ3n) is 4.01. The number of aromatic amines is 1. The number of aromatic nitrogens is 2. The zero-order valence-electron chi connectivity index (χ0n) is 14.6. The van der Waals surface area contributed by atoms with Crippen LogP contribution < -0.4 is 0 Å². The molecule has 0 radical (unpaired) electrons. The van der Waals surface area contributed by atoms with Crippen LogP contribution in [0.15, 0.2) is 40.1 Å². The Labute approximate surface area is 154 Å². The fourth-order valence-electron chi connectivity index (χ4n) is 2.83. The van der Waals surface area contributed by atoms with Crippen molar-refractivity contribution in [2.75, 3.05) is 5.75 Å². The summed E-state index contributed by atoms with van der Waals surface area (Å²) in [6, 6.07) is 5.89. The molecular weight excluding hydrogens is 355 g/mol. The molecule has 0 aliphatic carbocycles. The van der Waals surface area contributed by atoms with Gasteiger partial charge in [0.05, 0.1) is 17.6 Å². The molecule has 0 saturated carbocycles. The highest BCUT2D eigenvalue weighted by molar-refractivity contribution is 7.99. The SMILES string of the molecule is CC(=O)c1c(C)[nH]c(C(=O)CSc2ncc(-c3ccc(F)cc3)o2)c1C. The van der Waals surface area contributed by atoms with Crippen LogP contribution in [0.2, 0.25) is 0 Å². The van der Waals surface area contributed by atoms with Gasteiger partial charge in [0.2, 0.25) is 0 Å². The summed E-state index contributed by atoms with van der Waals surface area (Å²) in [4.78, 5) is 31.3. The van der Waals surface area contributed by atoms with E-state index in [1.54, 1.807) is 26.0 Å². The first-order chi connectivity index (χ1) is 12.4. The van der Waals surface area contributed by atoms with Crippen molar-refractivity contribution in [3.8, 4) is 11.3 Å². The van der Waals surface area contributed by atoms with E-state index in [4.69, 9.17) is 4.42 Å². The van der Waals surface area contributed by atoms with Gasteiger partial charge >= 0.3 is 0 Å². The molecule has 0 saturated heterocycles. The summed E-state index contributed by atoms with van der Waals surface area (Å²) in [6.45, 7) is 5.02. The highest BCUT2D eigenvalue weighted by atomic mass is 32.2. The van der Waals surface area contributed by atoms with Crippen LogP contribution in [0.1, 0.15) is 39.0 Å². The van der Waals surface area contributed by atoms with E-state index >= 15 is 0 Å². The minimum Gasteiger partial charge on any atom is -0.431 e. The number of carbonyl (C=O) groups is 2. The first-order valence-corrected chi connectivity index (χ1v) is 8.93. The molecule has 1 N–H and O–H groups in total. The van der Waals surface area contributed by atoms with Crippen molar-refractivity contribution >= 4 is 23.3 Å². The average molecular weight is 372 g/mol. The van der Waals surface area contributed by atoms with Gasteiger partial charge in [0, 0.05) is 16.8 Å². The molecule has 0 aliphatic rings. The van der Waals surface area contributed by atoms with Gasteiger partial charge in [-0.1, -0.05) is 11.8 Å². The maximum Gasteiger partial charge on any atom is 0.256 e. The lowest BCUT2D eigenvalue weighted by atomic mass is 10.1. The Hall–Kier alpha value is -2.67. The van der Waals surface area contributed by atoms with Gasteiger partial charge in [-0.05, 0) is 50.6 Å². The fraction of sp³-hybridized carbons (Fsp3) is 0.211. The number of oxazole rings is 1. The summed E-state index contributed by atoms with van der Waals surface area (Å²) in [5, 5.41) is 0.352. The van der Waals surface area contributed by atoms with E-state index in [-0.39, 0.29) is 23.1 Å². The Morgan fingerprint density at radius 3 is 2.54 bits per heavy atom. The van der Waals surface area contributed by atoms with Gasteiger partial charge in [0.15, 0.2) is 17.3 Å². The van der Waals surface area contributed by atoms with Gasteiger partial charge in [0.1, 0.15) is 5.82 Å². The van der Waals surface area contributed by atoms with Gasteiger partial charge in [0.25, 0.3) is 5.22 Å². The molecule has 3 aromatic rings. The molecule has 0 atom stereocenters. The number of aryl methyl sites for hydroxylation is 1. The maximum absolute atomic E-state index is 13.0. The monoisotopic (exact) mass is 372 g/mol. The van der Waals surface area contributed by atoms with Crippen LogP contribution in [0.3, 0.4) is 0 Å². The van der Waals surface area contributed by atoms with E-state index in [9.17, 15) is 14.0 Å². The second-order valence-corrected chi connectivity index (χ2v) is 6.82. The number of ketones is 2. The molecule has 134 valence electrons. The summed E-state index contributed by atoms with van der Waals surface area (Å²) < 4.78 is 18.6. The molecule has 7 heteroatoms. The van der Waals surface area contributed by atoms with E-state index < -0.39 is 0 Å². The van der Waals surface area contributed by atoms with E-state index in [1.165, 1.54) is 37.0 Å². The van der Waals surface area contributed by atoms with Crippen LogP contribution in [0.25, 0.3) is 11.3 Å². The number of rotatable bonds is 6. The zero-order valence-corrected chi connectivity index (χ0v) is 15.4. The third kappa shape index (κ3) is 3.62. The predicted octanol–water partition coefficient (Wildman–Crippen LogP) is 4.60. The predicted molar refractivity (Wildman–Crippen MR) is 97.2 cm³/mol. The largest absolute Gasteiger partial charge is 0.431 e. The first-order valence-electron chi connectivity index (χ1n) is 7.94. The van der Waals surface area contributed by atoms with E-state index in [2.05, 4.69) is 9.97 Å². The van der Waals surface area contributed by atoms with E-state index in [1.807, 2.05) is 0 Å². The molecule has 0 fully saturated rings. The van der Waals surface area contributed by atoms with Crippen LogP contribution in [0.5, 0.6) is 0 Å². The molecular formula is C19H17FN2O3S. The molecule has 5 nitrogen and oxygen atoms in total. The highest BCUT2D eigenvalue weighted by Gasteiger charge is 2.20. The summed E-state index contributed by atoms with van der Waals surface area (Å²) in [5.74, 6) is 0.103. The Morgan fingerprint density at radius 2 is 1.92 bits per heavy atom. The van der Waals surface area contributed by atoms with Gasteiger partial charge in [-0.2, -0.15) is 0 Å². The van der Waals surface area contributed by atoms with Crippen LogP contribution in [0, 0.1) is 19.7 Å². The lowest BCUT2D eigenvalue weighted by Crippen LogP contribution is -2.05. The summed E-state index contributed by atoms with van der Waals surface area (Å²) in [6.07, 6.45) is 1.54. The quantitative estimate of drug-likeness (QED) is 0.505. The van der Waals surface area contributed by atoms with Crippen molar-refractivity contribution < 1.29 is 18.4 Å². The van der Waals surface area contributed by atoms with Gasteiger partial charge in [-0.25, -0.2) is 9.37 Å². The Balaban J connectivity index is 1.70. The maximum atomic E-state index is 13.0. The van der Waals surface area contributed by atoms with Crippen LogP contribution in [-0.2, 0) is 0 Å². The Morgan fingerprint density at radius 1 is 1.23 bits per heavy atom. The third-order valence-corrected chi connectivity index (χ3v) is 4.85. The van der Waals surface area contributed by atoms with Crippen LogP contribution >= 0.6 is 11.8 Å². The number of benzene rings is 1. The van der Waals surface area contributed by atoms with Gasteiger partial charge in [-0.3, -0.25) is 9.59 Å². The Bertz CT molecular complexity index is 973. The van der Waals surface area contributed by atoms with Crippen molar-refractivity contribution in [1.82, 2.24) is 9.97 Å². The summed E-state index contributed by atoms with van der Waals surface area (Å²) in [7, 11) is 0. The van der Waals surface area contributed by atoms with Crippen LogP contribution in [0.4, 0.5) is 4.39 Å². The Kier molecular flexibility index (Phi) is 5.08. The zero-order chi connectivity index (χ0) is 18.8. The minimum absolute atomic E-state index is 0.0698. The van der Waals surface area contributed by atoms with Gasteiger partial charge < -0.3 is 9.40 Å².